The van der Waals surface area contributed by atoms with Gasteiger partial charge in [0.05, 0.1) is 17.6 Å². The van der Waals surface area contributed by atoms with Crippen LogP contribution in [0.2, 0.25) is 0 Å². The summed E-state index contributed by atoms with van der Waals surface area (Å²) in [7, 11) is 0. The summed E-state index contributed by atoms with van der Waals surface area (Å²) in [5.74, 6) is -2.48. The van der Waals surface area contributed by atoms with Crippen molar-refractivity contribution >= 4 is 34.4 Å². The zero-order valence-corrected chi connectivity index (χ0v) is 17.4. The average molecular weight is 441 g/mol. The molecule has 2 N–H and O–H groups in total. The number of carbonyl (C=O) groups is 1. The first kappa shape index (κ1) is 20.7. The molecular formula is C21H17F2N5O2S. The van der Waals surface area contributed by atoms with Crippen molar-refractivity contribution in [2.75, 3.05) is 11.1 Å². The Morgan fingerprint density at radius 3 is 2.68 bits per heavy atom. The van der Waals surface area contributed by atoms with E-state index in [4.69, 9.17) is 0 Å². The fourth-order valence-corrected chi connectivity index (χ4v) is 3.77. The van der Waals surface area contributed by atoms with Crippen molar-refractivity contribution in [3.8, 4) is 5.69 Å². The molecular weight excluding hydrogens is 424 g/mol. The highest BCUT2D eigenvalue weighted by atomic mass is 32.2. The molecule has 0 atom stereocenters. The summed E-state index contributed by atoms with van der Waals surface area (Å²) in [5, 5.41) is 9.56. The first-order valence-corrected chi connectivity index (χ1v) is 10.2. The summed E-state index contributed by atoms with van der Waals surface area (Å²) < 4.78 is 28.3. The molecule has 1 amide bonds. The third kappa shape index (κ3) is 4.19. The van der Waals surface area contributed by atoms with Gasteiger partial charge in [0.15, 0.2) is 22.4 Å². The Morgan fingerprint density at radius 2 is 1.94 bits per heavy atom. The summed E-state index contributed by atoms with van der Waals surface area (Å²) in [6, 6.07) is 8.68. The second-order valence-electron chi connectivity index (χ2n) is 6.90. The molecule has 2 heterocycles. The Morgan fingerprint density at radius 1 is 1.13 bits per heavy atom. The van der Waals surface area contributed by atoms with Gasteiger partial charge in [-0.3, -0.25) is 19.3 Å². The number of amides is 1. The van der Waals surface area contributed by atoms with E-state index in [1.165, 1.54) is 12.3 Å². The number of aromatic amines is 1. The third-order valence-corrected chi connectivity index (χ3v) is 5.67. The molecule has 0 aliphatic heterocycles. The number of rotatable bonds is 5. The largest absolute Gasteiger partial charge is 0.325 e. The van der Waals surface area contributed by atoms with E-state index in [0.717, 1.165) is 39.6 Å². The number of thioether (sulfide) groups is 1. The Kier molecular flexibility index (Phi) is 5.55. The van der Waals surface area contributed by atoms with Gasteiger partial charge in [0.2, 0.25) is 5.91 Å². The van der Waals surface area contributed by atoms with Crippen molar-refractivity contribution in [2.45, 2.75) is 19.0 Å². The normalized spacial score (nSPS) is 11.1. The predicted octanol–water partition coefficient (Wildman–Crippen LogP) is 3.73. The van der Waals surface area contributed by atoms with Crippen molar-refractivity contribution in [1.29, 1.82) is 0 Å². The Hall–Kier alpha value is -3.53. The first-order valence-electron chi connectivity index (χ1n) is 9.25. The van der Waals surface area contributed by atoms with Gasteiger partial charge in [0.25, 0.3) is 5.56 Å². The summed E-state index contributed by atoms with van der Waals surface area (Å²) in [4.78, 5) is 29.7. The second-order valence-corrected chi connectivity index (χ2v) is 7.84. The zero-order valence-electron chi connectivity index (χ0n) is 16.6. The lowest BCUT2D eigenvalue weighted by atomic mass is 10.1. The number of nitrogens with zero attached hydrogens (tertiary/aromatic N) is 3. The van der Waals surface area contributed by atoms with Gasteiger partial charge in [-0.25, -0.2) is 13.8 Å². The number of fused-ring (bicyclic) bond motifs is 1. The molecule has 0 bridgehead atoms. The number of hydrogen-bond donors (Lipinski definition) is 2. The smallest absolute Gasteiger partial charge is 0.269 e. The van der Waals surface area contributed by atoms with E-state index < -0.39 is 17.2 Å². The summed E-state index contributed by atoms with van der Waals surface area (Å²) in [6.07, 6.45) is 1.31. The van der Waals surface area contributed by atoms with Crippen LogP contribution < -0.4 is 10.9 Å². The number of halogens is 2. The van der Waals surface area contributed by atoms with E-state index in [0.29, 0.717) is 5.69 Å². The Balaban J connectivity index is 1.64. The number of aryl methyl sites for hydroxylation is 2. The highest BCUT2D eigenvalue weighted by Crippen LogP contribution is 2.22. The van der Waals surface area contributed by atoms with E-state index in [2.05, 4.69) is 20.5 Å². The Labute approximate surface area is 179 Å². The maximum absolute atomic E-state index is 13.8. The van der Waals surface area contributed by atoms with Crippen LogP contribution >= 0.6 is 11.8 Å². The average Bonchev–Trinajstić information content (AvgIpc) is 3.20. The highest BCUT2D eigenvalue weighted by molar-refractivity contribution is 7.99. The minimum Gasteiger partial charge on any atom is -0.325 e. The van der Waals surface area contributed by atoms with E-state index in [-0.39, 0.29) is 33.5 Å². The molecule has 2 aromatic carbocycles. The van der Waals surface area contributed by atoms with Crippen LogP contribution in [0.15, 0.2) is 52.5 Å². The summed E-state index contributed by atoms with van der Waals surface area (Å²) >= 11 is 0.995. The number of aromatic nitrogens is 4. The van der Waals surface area contributed by atoms with Gasteiger partial charge in [0, 0.05) is 11.8 Å². The summed E-state index contributed by atoms with van der Waals surface area (Å²) in [5.41, 5.74) is 2.63. The number of benzene rings is 2. The molecule has 0 aliphatic carbocycles. The van der Waals surface area contributed by atoms with E-state index in [9.17, 15) is 18.4 Å². The molecule has 0 unspecified atom stereocenters. The number of hydrogen-bond acceptors (Lipinski definition) is 5. The minimum absolute atomic E-state index is 0.0529. The second kappa shape index (κ2) is 8.31. The lowest BCUT2D eigenvalue weighted by Crippen LogP contribution is -2.22. The van der Waals surface area contributed by atoms with Gasteiger partial charge in [0.1, 0.15) is 5.39 Å². The first-order chi connectivity index (χ1) is 14.8. The van der Waals surface area contributed by atoms with Gasteiger partial charge in [-0.05, 0) is 49.2 Å². The molecule has 0 saturated carbocycles. The molecule has 158 valence electrons. The van der Waals surface area contributed by atoms with Crippen LogP contribution in [0.3, 0.4) is 0 Å². The molecule has 7 nitrogen and oxygen atoms in total. The van der Waals surface area contributed by atoms with Crippen LogP contribution in [0.25, 0.3) is 16.7 Å². The van der Waals surface area contributed by atoms with Crippen molar-refractivity contribution < 1.29 is 13.6 Å². The van der Waals surface area contributed by atoms with Gasteiger partial charge in [-0.15, -0.1) is 0 Å². The minimum atomic E-state index is -1.10. The van der Waals surface area contributed by atoms with Crippen molar-refractivity contribution in [1.82, 2.24) is 19.7 Å². The maximum Gasteiger partial charge on any atom is 0.269 e. The fourth-order valence-electron chi connectivity index (χ4n) is 2.97. The van der Waals surface area contributed by atoms with Crippen LogP contribution in [0.4, 0.5) is 14.5 Å². The van der Waals surface area contributed by atoms with Crippen LogP contribution in [0.1, 0.15) is 11.1 Å². The zero-order chi connectivity index (χ0) is 22.1. The monoisotopic (exact) mass is 441 g/mol. The lowest BCUT2D eigenvalue weighted by Gasteiger charge is -2.12. The highest BCUT2D eigenvalue weighted by Gasteiger charge is 2.17. The van der Waals surface area contributed by atoms with Crippen LogP contribution in [0, 0.1) is 25.5 Å². The Bertz CT molecular complexity index is 1370. The number of H-pyrrole nitrogens is 1. The van der Waals surface area contributed by atoms with Gasteiger partial charge in [-0.2, -0.15) is 5.10 Å². The molecule has 0 saturated heterocycles. The van der Waals surface area contributed by atoms with Crippen molar-refractivity contribution in [2.24, 2.45) is 0 Å². The van der Waals surface area contributed by atoms with Crippen LogP contribution in [0.5, 0.6) is 0 Å². The number of nitrogens with one attached hydrogen (secondary N) is 2. The molecule has 4 rings (SSSR count). The summed E-state index contributed by atoms with van der Waals surface area (Å²) in [6.45, 7) is 3.93. The van der Waals surface area contributed by atoms with Crippen molar-refractivity contribution in [3.05, 3.63) is 75.7 Å². The van der Waals surface area contributed by atoms with Crippen LogP contribution in [-0.2, 0) is 4.79 Å². The van der Waals surface area contributed by atoms with Gasteiger partial charge >= 0.3 is 0 Å². The van der Waals surface area contributed by atoms with E-state index >= 15 is 0 Å². The number of anilines is 1. The standard InChI is InChI=1S/C21H17F2N5O2S/c1-11-3-4-13(7-12(11)2)25-18(29)10-31-21-26-19-15(9-24-27-19)20(30)28(21)14-5-6-16(22)17(23)8-14/h3-9H,10H2,1-2H3,(H,24,27)(H,25,29). The SMILES string of the molecule is Cc1ccc(NC(=O)CSc2nc3[nH]ncc3c(=O)n2-c2ccc(F)c(F)c2)cc1C. The van der Waals surface area contributed by atoms with Gasteiger partial charge in [-0.1, -0.05) is 17.8 Å². The molecule has 0 spiro atoms. The molecule has 31 heavy (non-hydrogen) atoms. The number of carbonyl (C=O) groups excluding carboxylic acids is 1. The maximum atomic E-state index is 13.8. The molecule has 2 aromatic heterocycles. The molecule has 10 heteroatoms. The van der Waals surface area contributed by atoms with E-state index in [1.54, 1.807) is 6.07 Å². The quantitative estimate of drug-likeness (QED) is 0.364. The topological polar surface area (TPSA) is 92.7 Å². The predicted molar refractivity (Wildman–Crippen MR) is 115 cm³/mol. The molecule has 4 aromatic rings. The molecule has 0 aliphatic rings. The van der Waals surface area contributed by atoms with Crippen LogP contribution in [-0.4, -0.2) is 31.4 Å². The van der Waals surface area contributed by atoms with Crippen molar-refractivity contribution in [3.63, 3.8) is 0 Å². The molecule has 0 radical (unpaired) electrons. The lowest BCUT2D eigenvalue weighted by molar-refractivity contribution is -0.113. The fraction of sp³-hybridized carbons (Fsp3) is 0.143. The van der Waals surface area contributed by atoms with Gasteiger partial charge < -0.3 is 5.32 Å². The molecule has 0 fully saturated rings. The third-order valence-electron chi connectivity index (χ3n) is 4.74. The van der Waals surface area contributed by atoms with E-state index in [1.807, 2.05) is 26.0 Å².